The summed E-state index contributed by atoms with van der Waals surface area (Å²) in [6.45, 7) is 4.99. The fourth-order valence-electron chi connectivity index (χ4n) is 2.25. The highest BCUT2D eigenvalue weighted by atomic mass is 79.9. The first kappa shape index (κ1) is 16.3. The molecule has 0 fully saturated rings. The van der Waals surface area contributed by atoms with Crippen molar-refractivity contribution in [2.45, 2.75) is 19.9 Å². The van der Waals surface area contributed by atoms with Gasteiger partial charge in [0.15, 0.2) is 0 Å². The third-order valence-electron chi connectivity index (χ3n) is 3.37. The summed E-state index contributed by atoms with van der Waals surface area (Å²) in [6, 6.07) is 10.3. The van der Waals surface area contributed by atoms with Gasteiger partial charge in [0.25, 0.3) is 0 Å². The van der Waals surface area contributed by atoms with Crippen LogP contribution in [0.25, 0.3) is 11.3 Å². The van der Waals surface area contributed by atoms with E-state index in [0.717, 1.165) is 47.6 Å². The minimum Gasteiger partial charge on any atom is -0.460 e. The van der Waals surface area contributed by atoms with Crippen molar-refractivity contribution < 1.29 is 4.42 Å². The van der Waals surface area contributed by atoms with Gasteiger partial charge in [0.2, 0.25) is 0 Å². The standard InChI is InChI=1S/C17H23BrN2O/c1-13-11-14(18)5-7-16(13)17-8-6-15(21-17)12-19-9-4-10-20(2)3/h5-8,11,19H,4,9-10,12H2,1-3H3. The Morgan fingerprint density at radius 1 is 1.19 bits per heavy atom. The highest BCUT2D eigenvalue weighted by molar-refractivity contribution is 9.10. The van der Waals surface area contributed by atoms with Crippen molar-refractivity contribution in [2.24, 2.45) is 0 Å². The van der Waals surface area contributed by atoms with E-state index in [1.165, 1.54) is 5.56 Å². The van der Waals surface area contributed by atoms with E-state index in [0.29, 0.717) is 0 Å². The number of halogens is 1. The Morgan fingerprint density at radius 2 is 2.00 bits per heavy atom. The Morgan fingerprint density at radius 3 is 2.71 bits per heavy atom. The molecular weight excluding hydrogens is 328 g/mol. The Hall–Kier alpha value is -1.10. The molecule has 0 bridgehead atoms. The van der Waals surface area contributed by atoms with Crippen LogP contribution in [0, 0.1) is 6.92 Å². The molecule has 0 saturated carbocycles. The molecule has 0 atom stereocenters. The van der Waals surface area contributed by atoms with Crippen molar-refractivity contribution in [1.82, 2.24) is 10.2 Å². The lowest BCUT2D eigenvalue weighted by atomic mass is 10.1. The third-order valence-corrected chi connectivity index (χ3v) is 3.87. The summed E-state index contributed by atoms with van der Waals surface area (Å²) < 4.78 is 7.03. The molecule has 0 aliphatic carbocycles. The molecule has 0 spiro atoms. The van der Waals surface area contributed by atoms with Crippen LogP contribution in [0.4, 0.5) is 0 Å². The second-order valence-corrected chi connectivity index (χ2v) is 6.47. The summed E-state index contributed by atoms with van der Waals surface area (Å²) >= 11 is 3.49. The second-order valence-electron chi connectivity index (χ2n) is 5.56. The van der Waals surface area contributed by atoms with E-state index in [9.17, 15) is 0 Å². The Kier molecular flexibility index (Phi) is 6.03. The average molecular weight is 351 g/mol. The van der Waals surface area contributed by atoms with E-state index in [2.05, 4.69) is 65.4 Å². The van der Waals surface area contributed by atoms with Crippen LogP contribution in [-0.2, 0) is 6.54 Å². The van der Waals surface area contributed by atoms with Crippen LogP contribution in [0.2, 0.25) is 0 Å². The Balaban J connectivity index is 1.89. The summed E-state index contributed by atoms with van der Waals surface area (Å²) in [5.41, 5.74) is 2.36. The van der Waals surface area contributed by atoms with Gasteiger partial charge in [0.05, 0.1) is 6.54 Å². The van der Waals surface area contributed by atoms with Gasteiger partial charge in [-0.3, -0.25) is 0 Å². The van der Waals surface area contributed by atoms with Crippen LogP contribution < -0.4 is 5.32 Å². The topological polar surface area (TPSA) is 28.4 Å². The van der Waals surface area contributed by atoms with Gasteiger partial charge < -0.3 is 14.6 Å². The van der Waals surface area contributed by atoms with Gasteiger partial charge in [-0.15, -0.1) is 0 Å². The van der Waals surface area contributed by atoms with Crippen LogP contribution in [0.1, 0.15) is 17.7 Å². The first-order valence-corrected chi connectivity index (χ1v) is 8.06. The molecule has 0 aliphatic heterocycles. The molecule has 0 amide bonds. The van der Waals surface area contributed by atoms with Crippen LogP contribution in [0.3, 0.4) is 0 Å². The molecule has 1 aromatic heterocycles. The van der Waals surface area contributed by atoms with Gasteiger partial charge >= 0.3 is 0 Å². The van der Waals surface area contributed by atoms with Gasteiger partial charge in [-0.2, -0.15) is 0 Å². The monoisotopic (exact) mass is 350 g/mol. The number of benzene rings is 1. The molecule has 2 rings (SSSR count). The number of hydrogen-bond donors (Lipinski definition) is 1. The molecule has 0 unspecified atom stereocenters. The lowest BCUT2D eigenvalue weighted by Gasteiger charge is -2.09. The fraction of sp³-hybridized carbons (Fsp3) is 0.412. The zero-order chi connectivity index (χ0) is 15.2. The summed E-state index contributed by atoms with van der Waals surface area (Å²) in [5.74, 6) is 1.92. The molecule has 4 heteroatoms. The largest absolute Gasteiger partial charge is 0.460 e. The highest BCUT2D eigenvalue weighted by Crippen LogP contribution is 2.27. The maximum Gasteiger partial charge on any atom is 0.134 e. The molecule has 0 radical (unpaired) electrons. The Bertz CT molecular complexity index is 578. The SMILES string of the molecule is Cc1cc(Br)ccc1-c1ccc(CNCCCN(C)C)o1. The summed E-state index contributed by atoms with van der Waals surface area (Å²) in [7, 11) is 4.19. The van der Waals surface area contributed by atoms with Gasteiger partial charge in [-0.05, 0) is 76.4 Å². The van der Waals surface area contributed by atoms with E-state index >= 15 is 0 Å². The summed E-state index contributed by atoms with van der Waals surface area (Å²) in [6.07, 6.45) is 1.15. The predicted octanol–water partition coefficient (Wildman–Crippen LogP) is 4.06. The second kappa shape index (κ2) is 7.78. The molecule has 0 saturated heterocycles. The van der Waals surface area contributed by atoms with E-state index in [1.54, 1.807) is 0 Å². The quantitative estimate of drug-likeness (QED) is 0.763. The number of hydrogen-bond acceptors (Lipinski definition) is 3. The molecule has 21 heavy (non-hydrogen) atoms. The molecular formula is C17H23BrN2O. The zero-order valence-electron chi connectivity index (χ0n) is 12.9. The Labute approximate surface area is 135 Å². The van der Waals surface area contributed by atoms with Crippen molar-refractivity contribution in [3.05, 3.63) is 46.1 Å². The molecule has 1 N–H and O–H groups in total. The van der Waals surface area contributed by atoms with Crippen molar-refractivity contribution in [3.63, 3.8) is 0 Å². The van der Waals surface area contributed by atoms with Gasteiger partial charge in [0.1, 0.15) is 11.5 Å². The van der Waals surface area contributed by atoms with E-state index < -0.39 is 0 Å². The number of aryl methyl sites for hydroxylation is 1. The lowest BCUT2D eigenvalue weighted by Crippen LogP contribution is -2.20. The predicted molar refractivity (Wildman–Crippen MR) is 91.5 cm³/mol. The smallest absolute Gasteiger partial charge is 0.134 e. The minimum atomic E-state index is 0.781. The van der Waals surface area contributed by atoms with Gasteiger partial charge in [-0.1, -0.05) is 15.9 Å². The van der Waals surface area contributed by atoms with Crippen molar-refractivity contribution in [2.75, 3.05) is 27.2 Å². The van der Waals surface area contributed by atoms with Crippen LogP contribution >= 0.6 is 15.9 Å². The van der Waals surface area contributed by atoms with Crippen LogP contribution in [0.5, 0.6) is 0 Å². The van der Waals surface area contributed by atoms with Crippen molar-refractivity contribution in [1.29, 1.82) is 0 Å². The third kappa shape index (κ3) is 4.99. The van der Waals surface area contributed by atoms with Gasteiger partial charge in [0, 0.05) is 10.0 Å². The number of nitrogens with zero attached hydrogens (tertiary/aromatic N) is 1. The normalized spacial score (nSPS) is 11.3. The first-order chi connectivity index (χ1) is 10.1. The fourth-order valence-corrected chi connectivity index (χ4v) is 2.73. The summed E-state index contributed by atoms with van der Waals surface area (Å²) in [4.78, 5) is 2.20. The molecule has 1 heterocycles. The average Bonchev–Trinajstić information content (AvgIpc) is 2.86. The van der Waals surface area contributed by atoms with E-state index in [-0.39, 0.29) is 0 Å². The van der Waals surface area contributed by atoms with Crippen molar-refractivity contribution in [3.8, 4) is 11.3 Å². The zero-order valence-corrected chi connectivity index (χ0v) is 14.5. The van der Waals surface area contributed by atoms with Gasteiger partial charge in [-0.25, -0.2) is 0 Å². The van der Waals surface area contributed by atoms with E-state index in [1.807, 2.05) is 12.1 Å². The first-order valence-electron chi connectivity index (χ1n) is 7.27. The van der Waals surface area contributed by atoms with Crippen molar-refractivity contribution >= 4 is 15.9 Å². The lowest BCUT2D eigenvalue weighted by molar-refractivity contribution is 0.391. The maximum atomic E-state index is 5.93. The number of furan rings is 1. The van der Waals surface area contributed by atoms with Crippen LogP contribution in [0.15, 0.2) is 39.2 Å². The van der Waals surface area contributed by atoms with Crippen LogP contribution in [-0.4, -0.2) is 32.1 Å². The minimum absolute atomic E-state index is 0.781. The number of nitrogens with one attached hydrogen (secondary N) is 1. The summed E-state index contributed by atoms with van der Waals surface area (Å²) in [5, 5.41) is 3.42. The molecule has 2 aromatic rings. The molecule has 1 aromatic carbocycles. The van der Waals surface area contributed by atoms with E-state index in [4.69, 9.17) is 4.42 Å². The molecule has 0 aliphatic rings. The number of rotatable bonds is 7. The highest BCUT2D eigenvalue weighted by Gasteiger charge is 2.07. The maximum absolute atomic E-state index is 5.93. The molecule has 3 nitrogen and oxygen atoms in total. The molecule has 114 valence electrons.